The fourth-order valence-electron chi connectivity index (χ4n) is 5.16. The van der Waals surface area contributed by atoms with Crippen molar-refractivity contribution in [1.29, 1.82) is 0 Å². The van der Waals surface area contributed by atoms with Crippen LogP contribution >= 0.6 is 27.4 Å². The highest BCUT2D eigenvalue weighted by Crippen LogP contribution is 2.85. The van der Waals surface area contributed by atoms with Gasteiger partial charge in [-0.3, -0.25) is 0 Å². The van der Waals surface area contributed by atoms with Gasteiger partial charge < -0.3 is 14.0 Å². The molecule has 2 bridgehead atoms. The van der Waals surface area contributed by atoms with Crippen molar-refractivity contribution in [2.45, 2.75) is 93.3 Å². The average Bonchev–Trinajstić information content (AvgIpc) is 3.08. The van der Waals surface area contributed by atoms with Gasteiger partial charge in [0.15, 0.2) is 4.67 Å². The first kappa shape index (κ1) is 20.3. The molecule has 4 fully saturated rings. The third kappa shape index (κ3) is 3.03. The second kappa shape index (κ2) is 6.79. The molecular formula is C18H30BO3PS3. The zero-order chi connectivity index (χ0) is 18.9. The molecule has 0 aromatic rings. The molecule has 26 heavy (non-hydrogen) atoms. The lowest BCUT2D eigenvalue weighted by molar-refractivity contribution is -0.157. The maximum atomic E-state index is 6.81. The number of hydrogen-bond donors (Lipinski definition) is 0. The molecule has 9 atom stereocenters. The second-order valence-corrected chi connectivity index (χ2v) is 19.6. The predicted molar refractivity (Wildman–Crippen MR) is 119 cm³/mol. The predicted octanol–water partition coefficient (Wildman–Crippen LogP) is 4.51. The Bertz CT molecular complexity index is 664. The molecule has 3 aliphatic heterocycles. The smallest absolute Gasteiger partial charge is 0.175 e. The van der Waals surface area contributed by atoms with Gasteiger partial charge in [0.25, 0.3) is 0 Å². The van der Waals surface area contributed by atoms with Crippen LogP contribution in [0.2, 0.25) is 0 Å². The first-order chi connectivity index (χ1) is 12.1. The monoisotopic (exact) mass is 432 g/mol. The Balaban J connectivity index is 1.54. The summed E-state index contributed by atoms with van der Waals surface area (Å²) >= 11 is 10.1. The molecule has 3 nitrogen and oxygen atoms in total. The van der Waals surface area contributed by atoms with E-state index in [1.54, 1.807) is 0 Å². The Hall–Kier alpha value is 1.03. The largest absolute Gasteiger partial charge is 0.373 e. The zero-order valence-electron chi connectivity index (χ0n) is 16.4. The van der Waals surface area contributed by atoms with E-state index in [-0.39, 0.29) is 34.7 Å². The van der Waals surface area contributed by atoms with Crippen LogP contribution in [-0.2, 0) is 25.8 Å². The van der Waals surface area contributed by atoms with Crippen molar-refractivity contribution in [2.75, 3.05) is 0 Å². The van der Waals surface area contributed by atoms with Crippen LogP contribution in [0.3, 0.4) is 0 Å². The van der Waals surface area contributed by atoms with E-state index in [2.05, 4.69) is 42.1 Å². The molecule has 0 unspecified atom stereocenters. The number of ether oxygens (including phenoxy) is 2. The summed E-state index contributed by atoms with van der Waals surface area (Å²) in [6.07, 6.45) is 4.61. The summed E-state index contributed by atoms with van der Waals surface area (Å²) in [5, 5.41) is 0.571. The standard InChI is InChI=1S/C18H30BO3PS3/c1-6-18-11(4)20-14(16(19)21-18)15(18)22-23(24)25-13-9-12(10(2)3)7-8-17(13,5)26-23/h11-16H,2,6-9,19H2,1,3-5H3/t11-,12-,13+,14-,15+,16-,17+,18+,23-/m1/s1. The Kier molecular flexibility index (Phi) is 5.30. The van der Waals surface area contributed by atoms with Crippen molar-refractivity contribution in [3.05, 3.63) is 12.2 Å². The Morgan fingerprint density at radius 1 is 1.50 bits per heavy atom. The molecule has 1 aliphatic carbocycles. The summed E-state index contributed by atoms with van der Waals surface area (Å²) < 4.78 is 17.6. The van der Waals surface area contributed by atoms with Crippen LogP contribution in [0.15, 0.2) is 12.2 Å². The van der Waals surface area contributed by atoms with E-state index in [9.17, 15) is 0 Å². The highest BCUT2D eigenvalue weighted by atomic mass is 33.2. The van der Waals surface area contributed by atoms with E-state index in [0.717, 1.165) is 6.42 Å². The third-order valence-electron chi connectivity index (χ3n) is 6.94. The van der Waals surface area contributed by atoms with Crippen molar-refractivity contribution < 1.29 is 14.0 Å². The van der Waals surface area contributed by atoms with Crippen molar-refractivity contribution in [3.63, 3.8) is 0 Å². The molecule has 4 rings (SSSR count). The maximum absolute atomic E-state index is 6.81. The van der Waals surface area contributed by atoms with Gasteiger partial charge in [-0.1, -0.05) is 41.8 Å². The third-order valence-corrected chi connectivity index (χ3v) is 17.0. The lowest BCUT2D eigenvalue weighted by Crippen LogP contribution is -2.46. The zero-order valence-corrected chi connectivity index (χ0v) is 19.7. The maximum Gasteiger partial charge on any atom is 0.175 e. The number of fused-ring (bicyclic) bond motifs is 3. The van der Waals surface area contributed by atoms with Crippen LogP contribution in [0.4, 0.5) is 0 Å². The van der Waals surface area contributed by atoms with Crippen LogP contribution in [-0.4, -0.2) is 47.8 Å². The molecule has 3 saturated heterocycles. The molecule has 4 aliphatic rings. The fraction of sp³-hybridized carbons (Fsp3) is 0.889. The van der Waals surface area contributed by atoms with Gasteiger partial charge in [0, 0.05) is 10.00 Å². The van der Waals surface area contributed by atoms with Crippen molar-refractivity contribution in [2.24, 2.45) is 5.92 Å². The normalized spacial score (nSPS) is 55.8. The Morgan fingerprint density at radius 3 is 2.88 bits per heavy atom. The van der Waals surface area contributed by atoms with E-state index < -0.39 is 4.67 Å². The van der Waals surface area contributed by atoms with Gasteiger partial charge in [-0.25, -0.2) is 0 Å². The van der Waals surface area contributed by atoms with E-state index in [1.807, 2.05) is 22.8 Å². The summed E-state index contributed by atoms with van der Waals surface area (Å²) in [4.78, 5) is 0. The van der Waals surface area contributed by atoms with E-state index in [0.29, 0.717) is 11.2 Å². The van der Waals surface area contributed by atoms with Gasteiger partial charge >= 0.3 is 0 Å². The van der Waals surface area contributed by atoms with E-state index in [4.69, 9.17) is 25.8 Å². The fourth-order valence-corrected chi connectivity index (χ4v) is 19.1. The van der Waals surface area contributed by atoms with Crippen LogP contribution < -0.4 is 0 Å². The lowest BCUT2D eigenvalue weighted by Gasteiger charge is -2.38. The molecule has 1 saturated carbocycles. The molecule has 0 aromatic carbocycles. The topological polar surface area (TPSA) is 27.7 Å². The molecule has 0 spiro atoms. The quantitative estimate of drug-likeness (QED) is 0.369. The Labute approximate surface area is 172 Å². The second-order valence-electron chi connectivity index (χ2n) is 8.66. The van der Waals surface area contributed by atoms with Crippen molar-refractivity contribution in [1.82, 2.24) is 0 Å². The highest BCUT2D eigenvalue weighted by Gasteiger charge is 2.65. The molecule has 0 N–H and O–H groups in total. The van der Waals surface area contributed by atoms with Gasteiger partial charge in [0.2, 0.25) is 0 Å². The van der Waals surface area contributed by atoms with Gasteiger partial charge in [-0.05, 0) is 64.2 Å². The minimum atomic E-state index is -2.01. The summed E-state index contributed by atoms with van der Waals surface area (Å²) in [6.45, 7) is 13.1. The van der Waals surface area contributed by atoms with Crippen molar-refractivity contribution >= 4 is 47.1 Å². The summed E-state index contributed by atoms with van der Waals surface area (Å²) in [7, 11) is 2.10. The molecule has 0 radical (unpaired) electrons. The van der Waals surface area contributed by atoms with Gasteiger partial charge in [0.05, 0.1) is 12.1 Å². The first-order valence-electron chi connectivity index (χ1n) is 9.79. The highest BCUT2D eigenvalue weighted by molar-refractivity contribution is 9.01. The van der Waals surface area contributed by atoms with E-state index >= 15 is 0 Å². The molecule has 0 aromatic heterocycles. The van der Waals surface area contributed by atoms with Gasteiger partial charge in [0.1, 0.15) is 25.7 Å². The number of hydrogen-bond acceptors (Lipinski definition) is 6. The van der Waals surface area contributed by atoms with Crippen molar-refractivity contribution in [3.8, 4) is 0 Å². The molecular weight excluding hydrogens is 402 g/mol. The van der Waals surface area contributed by atoms with Crippen LogP contribution in [0, 0.1) is 5.92 Å². The molecule has 146 valence electrons. The SMILES string of the molecule is B[C@@H]1O[C@@]2(CC)[C@@H](C)O[C@@H]1[C@@H]2O[P@@]1(=S)S[C@H]2C[C@H](C(=C)C)CC[C@]2(C)S1. The summed E-state index contributed by atoms with van der Waals surface area (Å²) in [5.41, 5.74) is 0.994. The first-order valence-corrected chi connectivity index (χ1v) is 15.4. The summed E-state index contributed by atoms with van der Waals surface area (Å²) in [6, 6.07) is 0.0843. The van der Waals surface area contributed by atoms with Gasteiger partial charge in [-0.15, -0.1) is 0 Å². The summed E-state index contributed by atoms with van der Waals surface area (Å²) in [5.74, 6) is 0.638. The number of rotatable bonds is 4. The van der Waals surface area contributed by atoms with Crippen LogP contribution in [0.25, 0.3) is 0 Å². The minimum Gasteiger partial charge on any atom is -0.373 e. The average molecular weight is 432 g/mol. The molecule has 8 heteroatoms. The minimum absolute atomic E-state index is 0.0181. The Morgan fingerprint density at radius 2 is 2.23 bits per heavy atom. The molecule has 3 heterocycles. The number of allylic oxidation sites excluding steroid dienone is 1. The van der Waals surface area contributed by atoms with E-state index in [1.165, 1.54) is 24.8 Å². The van der Waals surface area contributed by atoms with Crippen LogP contribution in [0.1, 0.15) is 53.4 Å². The molecule has 0 amide bonds. The lowest BCUT2D eigenvalue weighted by atomic mass is 9.79. The van der Waals surface area contributed by atoms with Crippen LogP contribution in [0.5, 0.6) is 0 Å². The van der Waals surface area contributed by atoms with Gasteiger partial charge in [-0.2, -0.15) is 0 Å².